The van der Waals surface area contributed by atoms with Crippen LogP contribution in [0.25, 0.3) is 0 Å². The van der Waals surface area contributed by atoms with E-state index in [1.54, 1.807) is 0 Å². The molecule has 0 aliphatic rings. The number of nitrogens with zero attached hydrogens (tertiary/aromatic N) is 1. The quantitative estimate of drug-likeness (QED) is 0.355. The number of hydrogen-bond donors (Lipinski definition) is 3. The minimum absolute atomic E-state index is 0.0222. The van der Waals surface area contributed by atoms with Crippen LogP contribution in [0.3, 0.4) is 0 Å². The van der Waals surface area contributed by atoms with Crippen LogP contribution in [0.15, 0.2) is 47.4 Å². The highest BCUT2D eigenvalue weighted by atomic mass is 32.2. The van der Waals surface area contributed by atoms with E-state index in [2.05, 4.69) is 10.6 Å². The lowest BCUT2D eigenvalue weighted by atomic mass is 10.2. The van der Waals surface area contributed by atoms with E-state index < -0.39 is 26.8 Å². The number of nitro benzene ring substituents is 1. The average Bonchev–Trinajstić information content (AvgIpc) is 2.65. The number of hydrogen-bond acceptors (Lipinski definition) is 7. The number of rotatable bonds is 6. The van der Waals surface area contributed by atoms with Gasteiger partial charge in [0.1, 0.15) is 5.75 Å². The van der Waals surface area contributed by atoms with E-state index in [1.807, 2.05) is 0 Å². The van der Waals surface area contributed by atoms with Crippen molar-refractivity contribution >= 4 is 33.2 Å². The van der Waals surface area contributed by atoms with Crippen molar-refractivity contribution in [1.29, 1.82) is 0 Å². The summed E-state index contributed by atoms with van der Waals surface area (Å²) in [7, 11) is -2.56. The molecule has 0 saturated heterocycles. The van der Waals surface area contributed by atoms with E-state index in [9.17, 15) is 28.1 Å². The fourth-order valence-corrected chi connectivity index (χ4v) is 2.65. The number of carbonyl (C=O) groups excluding carboxylic acids is 2. The highest BCUT2D eigenvalue weighted by Gasteiger charge is 2.18. The maximum absolute atomic E-state index is 12.0. The summed E-state index contributed by atoms with van der Waals surface area (Å²) >= 11 is 0. The molecule has 2 aromatic carbocycles. The summed E-state index contributed by atoms with van der Waals surface area (Å²) in [6.07, 6.45) is 0. The maximum Gasteiger partial charge on any atom is 0.313 e. The summed E-state index contributed by atoms with van der Waals surface area (Å²) in [5.74, 6) is -1.95. The fourth-order valence-electron chi connectivity index (χ4n) is 2.14. The van der Waals surface area contributed by atoms with Gasteiger partial charge in [-0.25, -0.2) is 13.6 Å². The summed E-state index contributed by atoms with van der Waals surface area (Å²) in [5.41, 5.74) is 0.398. The van der Waals surface area contributed by atoms with Gasteiger partial charge in [-0.3, -0.25) is 19.7 Å². The number of anilines is 1. The molecule has 0 spiro atoms. The molecule has 11 nitrogen and oxygen atoms in total. The number of ether oxygens (including phenoxy) is 1. The van der Waals surface area contributed by atoms with Crippen LogP contribution < -0.4 is 20.5 Å². The van der Waals surface area contributed by atoms with E-state index >= 15 is 0 Å². The molecule has 2 amide bonds. The molecule has 4 N–H and O–H groups in total. The Morgan fingerprint density at radius 1 is 1.14 bits per heavy atom. The van der Waals surface area contributed by atoms with Crippen molar-refractivity contribution < 1.29 is 27.7 Å². The summed E-state index contributed by atoms with van der Waals surface area (Å²) in [6, 6.07) is 8.95. The van der Waals surface area contributed by atoms with Crippen molar-refractivity contribution in [1.82, 2.24) is 5.32 Å². The largest absolute Gasteiger partial charge is 0.494 e. The van der Waals surface area contributed by atoms with Gasteiger partial charge in [0.25, 0.3) is 5.69 Å². The molecule has 0 aliphatic carbocycles. The van der Waals surface area contributed by atoms with Gasteiger partial charge in [0, 0.05) is 12.6 Å². The predicted molar refractivity (Wildman–Crippen MR) is 97.9 cm³/mol. The molecule has 0 radical (unpaired) electrons. The minimum Gasteiger partial charge on any atom is -0.494 e. The highest BCUT2D eigenvalue weighted by molar-refractivity contribution is 7.89. The Morgan fingerprint density at radius 2 is 1.79 bits per heavy atom. The monoisotopic (exact) mass is 408 g/mol. The number of nitro groups is 1. The molecule has 0 atom stereocenters. The van der Waals surface area contributed by atoms with Gasteiger partial charge in [0.15, 0.2) is 0 Å². The third kappa shape index (κ3) is 5.25. The maximum atomic E-state index is 12.0. The molecule has 2 rings (SSSR count). The number of sulfonamides is 1. The van der Waals surface area contributed by atoms with E-state index in [1.165, 1.54) is 37.4 Å². The van der Waals surface area contributed by atoms with Crippen LogP contribution in [0, 0.1) is 10.1 Å². The molecular weight excluding hydrogens is 392 g/mol. The summed E-state index contributed by atoms with van der Waals surface area (Å²) in [6.45, 7) is -0.0332. The first-order chi connectivity index (χ1) is 13.1. The highest BCUT2D eigenvalue weighted by Crippen LogP contribution is 2.28. The zero-order valence-electron chi connectivity index (χ0n) is 14.5. The topological polar surface area (TPSA) is 171 Å². The van der Waals surface area contributed by atoms with Gasteiger partial charge in [-0.1, -0.05) is 12.1 Å². The first-order valence-corrected chi connectivity index (χ1v) is 9.20. The molecule has 148 valence electrons. The zero-order valence-corrected chi connectivity index (χ0v) is 15.4. The summed E-state index contributed by atoms with van der Waals surface area (Å²) < 4.78 is 27.4. The van der Waals surface area contributed by atoms with Gasteiger partial charge in [-0.15, -0.1) is 0 Å². The molecule has 28 heavy (non-hydrogen) atoms. The standard InChI is InChI=1S/C16H16N4O7S/c1-27-14-8-11(20(23)24)4-7-13(14)19-16(22)15(21)18-9-10-2-5-12(6-3-10)28(17,25)26/h2-8H,9H2,1H3,(H,18,21)(H,19,22)(H2,17,25,26). The van der Waals surface area contributed by atoms with E-state index in [-0.39, 0.29) is 28.6 Å². The number of primary sulfonamides is 1. The molecule has 12 heteroatoms. The molecule has 0 unspecified atom stereocenters. The SMILES string of the molecule is COc1cc([N+](=O)[O-])ccc1NC(=O)C(=O)NCc1ccc(S(N)(=O)=O)cc1. The number of nitrogens with two attached hydrogens (primary N) is 1. The molecule has 0 saturated carbocycles. The number of non-ortho nitro benzene ring substituents is 1. The van der Waals surface area contributed by atoms with Crippen molar-refractivity contribution in [2.45, 2.75) is 11.4 Å². The van der Waals surface area contributed by atoms with Crippen LogP contribution in [0.5, 0.6) is 5.75 Å². The van der Waals surface area contributed by atoms with Gasteiger partial charge in [0.05, 0.1) is 28.7 Å². The first kappa shape index (κ1) is 20.8. The molecule has 2 aromatic rings. The van der Waals surface area contributed by atoms with E-state index in [0.29, 0.717) is 5.56 Å². The Balaban J connectivity index is 2.00. The van der Waals surface area contributed by atoms with Gasteiger partial charge < -0.3 is 15.4 Å². The van der Waals surface area contributed by atoms with Gasteiger partial charge in [-0.2, -0.15) is 0 Å². The van der Waals surface area contributed by atoms with Gasteiger partial charge >= 0.3 is 11.8 Å². The number of amides is 2. The van der Waals surface area contributed by atoms with E-state index in [0.717, 1.165) is 12.1 Å². The smallest absolute Gasteiger partial charge is 0.313 e. The van der Waals surface area contributed by atoms with Crippen LogP contribution in [0.2, 0.25) is 0 Å². The Labute approximate surface area is 159 Å². The van der Waals surface area contributed by atoms with Crippen molar-refractivity contribution in [3.8, 4) is 5.75 Å². The van der Waals surface area contributed by atoms with E-state index in [4.69, 9.17) is 9.88 Å². The van der Waals surface area contributed by atoms with Crippen LogP contribution >= 0.6 is 0 Å². The number of carbonyl (C=O) groups is 2. The molecule has 0 heterocycles. The summed E-state index contributed by atoms with van der Waals surface area (Å²) in [4.78, 5) is 34.0. The molecular formula is C16H16N4O7S. The van der Waals surface area contributed by atoms with Crippen LogP contribution in [0.4, 0.5) is 11.4 Å². The van der Waals surface area contributed by atoms with Gasteiger partial charge in [0.2, 0.25) is 10.0 Å². The van der Waals surface area contributed by atoms with Crippen LogP contribution in [-0.4, -0.2) is 32.3 Å². The van der Waals surface area contributed by atoms with Crippen molar-refractivity contribution in [2.24, 2.45) is 5.14 Å². The van der Waals surface area contributed by atoms with Gasteiger partial charge in [-0.05, 0) is 23.8 Å². The third-order valence-corrected chi connectivity index (χ3v) is 4.48. The second kappa shape index (κ2) is 8.45. The Bertz CT molecular complexity index is 1020. The average molecular weight is 408 g/mol. The summed E-state index contributed by atoms with van der Waals surface area (Å²) in [5, 5.41) is 20.4. The molecule has 0 aromatic heterocycles. The number of nitrogens with one attached hydrogen (secondary N) is 2. The van der Waals surface area contributed by atoms with Crippen molar-refractivity contribution in [2.75, 3.05) is 12.4 Å². The van der Waals surface area contributed by atoms with Crippen LogP contribution in [0.1, 0.15) is 5.56 Å². The van der Waals surface area contributed by atoms with Crippen molar-refractivity contribution in [3.05, 3.63) is 58.1 Å². The molecule has 0 aliphatic heterocycles. The second-order valence-electron chi connectivity index (χ2n) is 5.47. The third-order valence-electron chi connectivity index (χ3n) is 3.56. The lowest BCUT2D eigenvalue weighted by molar-refractivity contribution is -0.384. The minimum atomic E-state index is -3.82. The number of benzene rings is 2. The Hall–Kier alpha value is -3.51. The molecule has 0 fully saturated rings. The number of methoxy groups -OCH3 is 1. The lowest BCUT2D eigenvalue weighted by Gasteiger charge is -2.10. The molecule has 0 bridgehead atoms. The lowest BCUT2D eigenvalue weighted by Crippen LogP contribution is -2.35. The second-order valence-corrected chi connectivity index (χ2v) is 7.03. The fraction of sp³-hybridized carbons (Fsp3) is 0.125. The van der Waals surface area contributed by atoms with Crippen molar-refractivity contribution in [3.63, 3.8) is 0 Å². The Kier molecular flexibility index (Phi) is 6.28. The first-order valence-electron chi connectivity index (χ1n) is 7.65. The zero-order chi connectivity index (χ0) is 20.9. The predicted octanol–water partition coefficient (Wildman–Crippen LogP) is 0.506. The Morgan fingerprint density at radius 3 is 2.32 bits per heavy atom. The van der Waals surface area contributed by atoms with Crippen LogP contribution in [-0.2, 0) is 26.2 Å². The normalized spacial score (nSPS) is 10.8.